The normalized spacial score (nSPS) is 23.7. The molecule has 108 valence electrons. The number of carbonyl (C=O) groups is 2. The van der Waals surface area contributed by atoms with Gasteiger partial charge in [0.05, 0.1) is 6.54 Å². The van der Waals surface area contributed by atoms with Crippen molar-refractivity contribution in [3.05, 3.63) is 35.9 Å². The van der Waals surface area contributed by atoms with Gasteiger partial charge in [-0.1, -0.05) is 30.3 Å². The fourth-order valence-corrected chi connectivity index (χ4v) is 2.33. The molecule has 6 heteroatoms. The van der Waals surface area contributed by atoms with Gasteiger partial charge in [-0.3, -0.25) is 9.59 Å². The monoisotopic (exact) mass is 282 g/mol. The second-order valence-corrected chi connectivity index (χ2v) is 4.85. The summed E-state index contributed by atoms with van der Waals surface area (Å²) in [5.41, 5.74) is 0.596. The van der Waals surface area contributed by atoms with Gasteiger partial charge in [0, 0.05) is 12.5 Å². The zero-order valence-electron chi connectivity index (χ0n) is 11.1. The second kappa shape index (κ2) is 5.98. The van der Waals surface area contributed by atoms with Crippen molar-refractivity contribution in [3.63, 3.8) is 0 Å². The number of rotatable bonds is 3. The van der Waals surface area contributed by atoms with Crippen LogP contribution in [0.15, 0.2) is 30.3 Å². The van der Waals surface area contributed by atoms with Gasteiger partial charge in [0.2, 0.25) is 11.8 Å². The Hall–Kier alpha value is -1.98. The van der Waals surface area contributed by atoms with Crippen molar-refractivity contribution >= 4 is 11.8 Å². The van der Waals surface area contributed by atoms with E-state index in [4.69, 9.17) is 0 Å². The van der Waals surface area contributed by atoms with E-state index in [0.717, 1.165) is 4.90 Å². The Bertz CT molecular complexity index is 493. The molecule has 2 amide bonds. The Balaban J connectivity index is 2.31. The lowest BCUT2D eigenvalue weighted by Crippen LogP contribution is -2.43. The van der Waals surface area contributed by atoms with Crippen molar-refractivity contribution in [1.29, 1.82) is 0 Å². The van der Waals surface area contributed by atoms with Crippen LogP contribution in [0.5, 0.6) is 0 Å². The molecule has 0 radical (unpaired) electrons. The van der Waals surface area contributed by atoms with Crippen LogP contribution in [0.1, 0.15) is 24.9 Å². The summed E-state index contributed by atoms with van der Waals surface area (Å²) >= 11 is 0. The standard InChI is InChI=1S/C14H16F2N2O2/c1-9-7-12(19)17-13(10-5-3-2-4-6-10)14(20)18(9)8-11(15)16/h2-6,9,11,13H,7-8H2,1H3,(H,17,19). The number of amides is 2. The van der Waals surface area contributed by atoms with E-state index in [-0.39, 0.29) is 12.3 Å². The van der Waals surface area contributed by atoms with Crippen molar-refractivity contribution < 1.29 is 18.4 Å². The molecule has 1 saturated heterocycles. The van der Waals surface area contributed by atoms with Gasteiger partial charge in [-0.25, -0.2) is 8.78 Å². The number of benzene rings is 1. The highest BCUT2D eigenvalue weighted by atomic mass is 19.3. The van der Waals surface area contributed by atoms with Crippen LogP contribution < -0.4 is 5.32 Å². The smallest absolute Gasteiger partial charge is 0.255 e. The molecule has 20 heavy (non-hydrogen) atoms. The summed E-state index contributed by atoms with van der Waals surface area (Å²) in [7, 11) is 0. The number of hydrogen-bond donors (Lipinski definition) is 1. The second-order valence-electron chi connectivity index (χ2n) is 4.85. The average molecular weight is 282 g/mol. The minimum atomic E-state index is -2.62. The van der Waals surface area contributed by atoms with Gasteiger partial charge >= 0.3 is 0 Å². The molecule has 0 aliphatic carbocycles. The van der Waals surface area contributed by atoms with E-state index in [0.29, 0.717) is 5.56 Å². The summed E-state index contributed by atoms with van der Waals surface area (Å²) in [5, 5.41) is 2.60. The van der Waals surface area contributed by atoms with Crippen LogP contribution in [-0.2, 0) is 9.59 Å². The predicted molar refractivity (Wildman–Crippen MR) is 69.1 cm³/mol. The summed E-state index contributed by atoms with van der Waals surface area (Å²) < 4.78 is 25.3. The topological polar surface area (TPSA) is 49.4 Å². The quantitative estimate of drug-likeness (QED) is 0.918. The van der Waals surface area contributed by atoms with E-state index in [2.05, 4.69) is 5.32 Å². The third kappa shape index (κ3) is 3.12. The molecule has 1 heterocycles. The molecule has 1 fully saturated rings. The largest absolute Gasteiger partial charge is 0.340 e. The zero-order valence-corrected chi connectivity index (χ0v) is 11.1. The summed E-state index contributed by atoms with van der Waals surface area (Å²) in [5.74, 6) is -0.800. The SMILES string of the molecule is CC1CC(=O)NC(c2ccccc2)C(=O)N1CC(F)F. The van der Waals surface area contributed by atoms with Crippen LogP contribution in [0.2, 0.25) is 0 Å². The first-order chi connectivity index (χ1) is 9.49. The molecule has 1 aromatic rings. The summed E-state index contributed by atoms with van der Waals surface area (Å²) in [4.78, 5) is 25.3. The van der Waals surface area contributed by atoms with Crippen molar-refractivity contribution in [2.24, 2.45) is 0 Å². The maximum absolute atomic E-state index is 12.6. The first-order valence-corrected chi connectivity index (χ1v) is 6.42. The van der Waals surface area contributed by atoms with Crippen LogP contribution in [0.3, 0.4) is 0 Å². The minimum absolute atomic E-state index is 0.0296. The van der Waals surface area contributed by atoms with Gasteiger partial charge in [-0.15, -0.1) is 0 Å². The molecule has 1 aliphatic rings. The van der Waals surface area contributed by atoms with E-state index in [1.165, 1.54) is 0 Å². The molecule has 2 atom stereocenters. The molecular formula is C14H16F2N2O2. The highest BCUT2D eigenvalue weighted by molar-refractivity contribution is 5.91. The van der Waals surface area contributed by atoms with Gasteiger partial charge in [-0.2, -0.15) is 0 Å². The number of nitrogens with zero attached hydrogens (tertiary/aromatic N) is 1. The number of carbonyl (C=O) groups excluding carboxylic acids is 2. The van der Waals surface area contributed by atoms with E-state index >= 15 is 0 Å². The zero-order chi connectivity index (χ0) is 14.7. The fraction of sp³-hybridized carbons (Fsp3) is 0.429. The number of alkyl halides is 2. The molecule has 0 aromatic heterocycles. The molecule has 1 aliphatic heterocycles. The predicted octanol–water partition coefficient (Wildman–Crippen LogP) is 1.73. The van der Waals surface area contributed by atoms with Crippen LogP contribution >= 0.6 is 0 Å². The van der Waals surface area contributed by atoms with Crippen LogP contribution in [-0.4, -0.2) is 35.7 Å². The van der Waals surface area contributed by atoms with Gasteiger partial charge in [0.15, 0.2) is 0 Å². The van der Waals surface area contributed by atoms with Gasteiger partial charge in [0.1, 0.15) is 6.04 Å². The lowest BCUT2D eigenvalue weighted by Gasteiger charge is -2.28. The van der Waals surface area contributed by atoms with Crippen molar-refractivity contribution in [2.75, 3.05) is 6.54 Å². The van der Waals surface area contributed by atoms with Crippen molar-refractivity contribution in [1.82, 2.24) is 10.2 Å². The molecule has 4 nitrogen and oxygen atoms in total. The van der Waals surface area contributed by atoms with Gasteiger partial charge in [-0.05, 0) is 12.5 Å². The molecular weight excluding hydrogens is 266 g/mol. The molecule has 2 unspecified atom stereocenters. The van der Waals surface area contributed by atoms with Gasteiger partial charge < -0.3 is 10.2 Å². The Labute approximate surface area is 115 Å². The average Bonchev–Trinajstić information content (AvgIpc) is 2.51. The molecule has 0 bridgehead atoms. The fourth-order valence-electron chi connectivity index (χ4n) is 2.33. The van der Waals surface area contributed by atoms with E-state index in [1.807, 2.05) is 0 Å². The third-order valence-electron chi connectivity index (χ3n) is 3.32. The summed E-state index contributed by atoms with van der Waals surface area (Å²) in [6.45, 7) is 0.950. The maximum atomic E-state index is 12.6. The Morgan fingerprint density at radius 2 is 1.95 bits per heavy atom. The molecule has 0 saturated carbocycles. The Morgan fingerprint density at radius 1 is 1.30 bits per heavy atom. The minimum Gasteiger partial charge on any atom is -0.340 e. The maximum Gasteiger partial charge on any atom is 0.255 e. The number of nitrogens with one attached hydrogen (secondary N) is 1. The lowest BCUT2D eigenvalue weighted by molar-refractivity contribution is -0.137. The molecule has 1 N–H and O–H groups in total. The van der Waals surface area contributed by atoms with Gasteiger partial charge in [0.25, 0.3) is 6.43 Å². The van der Waals surface area contributed by atoms with E-state index in [1.54, 1.807) is 37.3 Å². The molecule has 2 rings (SSSR count). The number of hydrogen-bond acceptors (Lipinski definition) is 2. The summed E-state index contributed by atoms with van der Waals surface area (Å²) in [6.07, 6.45) is -2.59. The summed E-state index contributed by atoms with van der Waals surface area (Å²) in [6, 6.07) is 7.21. The van der Waals surface area contributed by atoms with Crippen LogP contribution in [0.4, 0.5) is 8.78 Å². The number of halogens is 2. The Morgan fingerprint density at radius 3 is 2.55 bits per heavy atom. The lowest BCUT2D eigenvalue weighted by atomic mass is 10.1. The highest BCUT2D eigenvalue weighted by Crippen LogP contribution is 2.22. The van der Waals surface area contributed by atoms with Crippen molar-refractivity contribution in [3.8, 4) is 0 Å². The Kier molecular flexibility index (Phi) is 4.32. The molecule has 0 spiro atoms. The van der Waals surface area contributed by atoms with Crippen LogP contribution in [0.25, 0.3) is 0 Å². The highest BCUT2D eigenvalue weighted by Gasteiger charge is 2.35. The van der Waals surface area contributed by atoms with Crippen molar-refractivity contribution in [2.45, 2.75) is 31.9 Å². The van der Waals surface area contributed by atoms with E-state index < -0.39 is 31.0 Å². The third-order valence-corrected chi connectivity index (χ3v) is 3.32. The first-order valence-electron chi connectivity index (χ1n) is 6.42. The molecule has 1 aromatic carbocycles. The first kappa shape index (κ1) is 14.4. The van der Waals surface area contributed by atoms with Crippen LogP contribution in [0, 0.1) is 0 Å². The van der Waals surface area contributed by atoms with E-state index in [9.17, 15) is 18.4 Å².